The maximum absolute atomic E-state index is 13.6. The van der Waals surface area contributed by atoms with Crippen molar-refractivity contribution >= 4 is 15.9 Å². The molecule has 1 atom stereocenters. The number of amides is 1. The Kier molecular flexibility index (Phi) is 4.07. The van der Waals surface area contributed by atoms with Crippen molar-refractivity contribution in [2.75, 3.05) is 20.1 Å². The zero-order valence-electron chi connectivity index (χ0n) is 11.0. The highest BCUT2D eigenvalue weighted by Gasteiger charge is 2.26. The molecule has 0 aliphatic carbocycles. The monoisotopic (exact) mass is 301 g/mol. The van der Waals surface area contributed by atoms with Crippen molar-refractivity contribution in [3.05, 3.63) is 29.6 Å². The molecule has 3 N–H and O–H groups in total. The van der Waals surface area contributed by atoms with Gasteiger partial charge in [-0.15, -0.1) is 0 Å². The SMILES string of the molecule is CNS(=O)(=O)c1cc(C(=O)N2CC[C@@H](N)C2)ccc1F. The molecular formula is C12H16FN3O3S. The Balaban J connectivity index is 2.35. The smallest absolute Gasteiger partial charge is 0.253 e. The van der Waals surface area contributed by atoms with Crippen LogP contribution in [0.3, 0.4) is 0 Å². The molecule has 1 aliphatic heterocycles. The first-order chi connectivity index (χ1) is 9.35. The van der Waals surface area contributed by atoms with Crippen LogP contribution in [0.5, 0.6) is 0 Å². The lowest BCUT2D eigenvalue weighted by Crippen LogP contribution is -2.32. The summed E-state index contributed by atoms with van der Waals surface area (Å²) in [6, 6.07) is 3.23. The maximum atomic E-state index is 13.6. The van der Waals surface area contributed by atoms with Gasteiger partial charge in [-0.05, 0) is 31.7 Å². The lowest BCUT2D eigenvalue weighted by atomic mass is 10.2. The highest BCUT2D eigenvalue weighted by molar-refractivity contribution is 7.89. The van der Waals surface area contributed by atoms with Gasteiger partial charge in [-0.3, -0.25) is 4.79 Å². The van der Waals surface area contributed by atoms with Crippen molar-refractivity contribution in [1.29, 1.82) is 0 Å². The third-order valence-electron chi connectivity index (χ3n) is 3.25. The molecule has 0 bridgehead atoms. The van der Waals surface area contributed by atoms with E-state index in [0.717, 1.165) is 12.1 Å². The van der Waals surface area contributed by atoms with Gasteiger partial charge in [0.05, 0.1) is 0 Å². The van der Waals surface area contributed by atoms with E-state index in [1.807, 2.05) is 4.72 Å². The highest BCUT2D eigenvalue weighted by Crippen LogP contribution is 2.19. The van der Waals surface area contributed by atoms with Gasteiger partial charge in [0, 0.05) is 24.7 Å². The molecule has 0 spiro atoms. The van der Waals surface area contributed by atoms with E-state index >= 15 is 0 Å². The van der Waals surface area contributed by atoms with E-state index in [0.29, 0.717) is 19.5 Å². The van der Waals surface area contributed by atoms with Crippen LogP contribution in [-0.2, 0) is 10.0 Å². The van der Waals surface area contributed by atoms with Crippen molar-refractivity contribution in [3.63, 3.8) is 0 Å². The molecule has 1 aliphatic rings. The molecule has 6 nitrogen and oxygen atoms in total. The summed E-state index contributed by atoms with van der Waals surface area (Å²) in [7, 11) is -2.76. The van der Waals surface area contributed by atoms with Gasteiger partial charge in [0.1, 0.15) is 10.7 Å². The second-order valence-electron chi connectivity index (χ2n) is 4.65. The topological polar surface area (TPSA) is 92.5 Å². The zero-order valence-corrected chi connectivity index (χ0v) is 11.8. The first-order valence-corrected chi connectivity index (χ1v) is 7.61. The largest absolute Gasteiger partial charge is 0.337 e. The molecule has 110 valence electrons. The van der Waals surface area contributed by atoms with Gasteiger partial charge in [0.2, 0.25) is 10.0 Å². The summed E-state index contributed by atoms with van der Waals surface area (Å²) < 4.78 is 39.0. The number of sulfonamides is 1. The average molecular weight is 301 g/mol. The van der Waals surface area contributed by atoms with Crippen LogP contribution in [0.25, 0.3) is 0 Å². The number of benzene rings is 1. The minimum atomic E-state index is -3.94. The van der Waals surface area contributed by atoms with E-state index in [9.17, 15) is 17.6 Å². The quantitative estimate of drug-likeness (QED) is 0.816. The van der Waals surface area contributed by atoms with Gasteiger partial charge in [0.25, 0.3) is 5.91 Å². The van der Waals surface area contributed by atoms with Crippen molar-refractivity contribution in [1.82, 2.24) is 9.62 Å². The summed E-state index contributed by atoms with van der Waals surface area (Å²) in [6.45, 7) is 0.940. The molecule has 1 saturated heterocycles. The average Bonchev–Trinajstić information content (AvgIpc) is 2.85. The molecule has 1 aromatic rings. The Morgan fingerprint density at radius 3 is 2.75 bits per heavy atom. The van der Waals surface area contributed by atoms with E-state index in [1.54, 1.807) is 0 Å². The fourth-order valence-electron chi connectivity index (χ4n) is 2.11. The molecule has 1 aromatic carbocycles. The summed E-state index contributed by atoms with van der Waals surface area (Å²) in [4.78, 5) is 13.2. The van der Waals surface area contributed by atoms with Crippen LogP contribution in [-0.4, -0.2) is 45.4 Å². The van der Waals surface area contributed by atoms with E-state index in [2.05, 4.69) is 0 Å². The molecule has 8 heteroatoms. The first-order valence-electron chi connectivity index (χ1n) is 6.13. The molecule has 0 aromatic heterocycles. The number of halogens is 1. The molecule has 1 fully saturated rings. The molecule has 0 saturated carbocycles. The number of rotatable bonds is 3. The molecule has 0 radical (unpaired) electrons. The van der Waals surface area contributed by atoms with Crippen LogP contribution < -0.4 is 10.5 Å². The lowest BCUT2D eigenvalue weighted by molar-refractivity contribution is 0.0790. The van der Waals surface area contributed by atoms with Gasteiger partial charge >= 0.3 is 0 Å². The number of nitrogens with one attached hydrogen (secondary N) is 1. The second kappa shape index (κ2) is 5.47. The minimum Gasteiger partial charge on any atom is -0.337 e. The predicted octanol–water partition coefficient (Wildman–Crippen LogP) is -0.0930. The van der Waals surface area contributed by atoms with Crippen LogP contribution in [0.2, 0.25) is 0 Å². The van der Waals surface area contributed by atoms with Crippen LogP contribution in [0, 0.1) is 5.82 Å². The van der Waals surface area contributed by atoms with Crippen molar-refractivity contribution < 1.29 is 17.6 Å². The van der Waals surface area contributed by atoms with Gasteiger partial charge in [-0.1, -0.05) is 0 Å². The van der Waals surface area contributed by atoms with E-state index in [-0.39, 0.29) is 17.5 Å². The van der Waals surface area contributed by atoms with Gasteiger partial charge in [-0.25, -0.2) is 17.5 Å². The Labute approximate surface area is 116 Å². The molecule has 1 heterocycles. The molecule has 0 unspecified atom stereocenters. The van der Waals surface area contributed by atoms with Gasteiger partial charge in [0.15, 0.2) is 0 Å². The molecule has 1 amide bonds. The zero-order chi connectivity index (χ0) is 14.9. The fourth-order valence-corrected chi connectivity index (χ4v) is 2.93. The fraction of sp³-hybridized carbons (Fsp3) is 0.417. The van der Waals surface area contributed by atoms with Crippen LogP contribution in [0.15, 0.2) is 23.1 Å². The summed E-state index contributed by atoms with van der Waals surface area (Å²) >= 11 is 0. The van der Waals surface area contributed by atoms with E-state index < -0.39 is 20.7 Å². The summed E-state index contributed by atoms with van der Waals surface area (Å²) in [5.74, 6) is -1.24. The Morgan fingerprint density at radius 1 is 1.50 bits per heavy atom. The van der Waals surface area contributed by atoms with Crippen LogP contribution in [0.4, 0.5) is 4.39 Å². The number of likely N-dealkylation sites (tertiary alicyclic amines) is 1. The third kappa shape index (κ3) is 2.82. The predicted molar refractivity (Wildman–Crippen MR) is 71.1 cm³/mol. The number of carbonyl (C=O) groups is 1. The van der Waals surface area contributed by atoms with Gasteiger partial charge < -0.3 is 10.6 Å². The second-order valence-corrected chi connectivity index (χ2v) is 6.51. The maximum Gasteiger partial charge on any atom is 0.253 e. The normalized spacial score (nSPS) is 19.4. The van der Waals surface area contributed by atoms with Gasteiger partial charge in [-0.2, -0.15) is 0 Å². The number of hydrogen-bond acceptors (Lipinski definition) is 4. The first kappa shape index (κ1) is 14.9. The lowest BCUT2D eigenvalue weighted by Gasteiger charge is -2.16. The van der Waals surface area contributed by atoms with E-state index in [4.69, 9.17) is 5.73 Å². The summed E-state index contributed by atoms with van der Waals surface area (Å²) in [6.07, 6.45) is 0.703. The Morgan fingerprint density at radius 2 is 2.20 bits per heavy atom. The van der Waals surface area contributed by atoms with Crippen molar-refractivity contribution in [2.24, 2.45) is 5.73 Å². The molecule has 2 rings (SSSR count). The van der Waals surface area contributed by atoms with Crippen LogP contribution >= 0.6 is 0 Å². The van der Waals surface area contributed by atoms with E-state index in [1.165, 1.54) is 18.0 Å². The Bertz CT molecular complexity index is 633. The van der Waals surface area contributed by atoms with Crippen molar-refractivity contribution in [3.8, 4) is 0 Å². The standard InChI is InChI=1S/C12H16FN3O3S/c1-15-20(18,19)11-6-8(2-3-10(11)13)12(17)16-5-4-9(14)7-16/h2-3,6,9,15H,4-5,7,14H2,1H3/t9-/m1/s1. The highest BCUT2D eigenvalue weighted by atomic mass is 32.2. The van der Waals surface area contributed by atoms with Crippen LogP contribution in [0.1, 0.15) is 16.8 Å². The number of nitrogens with two attached hydrogens (primary N) is 1. The molecular weight excluding hydrogens is 285 g/mol. The third-order valence-corrected chi connectivity index (χ3v) is 4.68. The molecule has 20 heavy (non-hydrogen) atoms. The summed E-state index contributed by atoms with van der Waals surface area (Å²) in [5, 5.41) is 0. The number of hydrogen-bond donors (Lipinski definition) is 2. The minimum absolute atomic E-state index is 0.0695. The van der Waals surface area contributed by atoms with Crippen molar-refractivity contribution in [2.45, 2.75) is 17.4 Å². The number of carbonyl (C=O) groups excluding carboxylic acids is 1. The summed E-state index contributed by atoms with van der Waals surface area (Å²) in [5.41, 5.74) is 5.86. The Hall–Kier alpha value is -1.51. The number of nitrogens with zero attached hydrogens (tertiary/aromatic N) is 1.